The highest BCUT2D eigenvalue weighted by Crippen LogP contribution is 2.26. The number of hydrogen-bond acceptors (Lipinski definition) is 6. The third-order valence-electron chi connectivity index (χ3n) is 5.13. The summed E-state index contributed by atoms with van der Waals surface area (Å²) < 4.78 is 0. The van der Waals surface area contributed by atoms with Crippen molar-refractivity contribution in [3.63, 3.8) is 0 Å². The van der Waals surface area contributed by atoms with Gasteiger partial charge in [-0.15, -0.1) is 0 Å². The monoisotopic (exact) mass is 473 g/mol. The molecule has 1 aliphatic heterocycles. The van der Waals surface area contributed by atoms with E-state index in [9.17, 15) is 9.59 Å². The number of likely N-dealkylation sites (N-methyl/N-ethyl adjacent to an activating group) is 1. The second-order valence-electron chi connectivity index (χ2n) is 7.35. The molecule has 3 heterocycles. The van der Waals surface area contributed by atoms with E-state index in [1.165, 1.54) is 6.20 Å². The van der Waals surface area contributed by atoms with E-state index in [4.69, 9.17) is 23.2 Å². The highest BCUT2D eigenvalue weighted by atomic mass is 35.5. The fourth-order valence-electron chi connectivity index (χ4n) is 3.33. The number of aromatic amines is 1. The molecule has 0 radical (unpaired) electrons. The Bertz CT molecular complexity index is 1110. The number of amides is 2. The van der Waals surface area contributed by atoms with Crippen molar-refractivity contribution in [2.75, 3.05) is 48.8 Å². The molecule has 3 N–H and O–H groups in total. The lowest BCUT2D eigenvalue weighted by atomic mass is 10.2. The van der Waals surface area contributed by atoms with Gasteiger partial charge in [-0.3, -0.25) is 14.7 Å². The van der Waals surface area contributed by atoms with Gasteiger partial charge in [-0.2, -0.15) is 5.10 Å². The summed E-state index contributed by atoms with van der Waals surface area (Å²) in [5.41, 5.74) is 0.851. The summed E-state index contributed by atoms with van der Waals surface area (Å²) in [7, 11) is 2.10. The van der Waals surface area contributed by atoms with Crippen LogP contribution in [0.1, 0.15) is 20.8 Å². The van der Waals surface area contributed by atoms with E-state index in [0.717, 1.165) is 32.0 Å². The number of halogens is 2. The minimum Gasteiger partial charge on any atom is -0.354 e. The lowest BCUT2D eigenvalue weighted by Crippen LogP contribution is -2.44. The molecule has 0 unspecified atom stereocenters. The Hall–Kier alpha value is -3.14. The molecule has 2 amide bonds. The molecule has 32 heavy (non-hydrogen) atoms. The summed E-state index contributed by atoms with van der Waals surface area (Å²) in [6, 6.07) is 8.41. The van der Waals surface area contributed by atoms with Crippen LogP contribution in [0.2, 0.25) is 10.0 Å². The Labute approximate surface area is 194 Å². The number of aromatic nitrogens is 3. The standard InChI is InChI=1S/C21H21Cl2N7O2/c1-29-7-9-30(10-8-29)17-6-5-13(11-24-17)26-21(32)19-16(12-25-28-19)27-20(31)18-14(22)3-2-4-15(18)23/h2-6,11-12H,7-10H2,1H3,(H,25,28)(H,26,32)(H,27,31). The molecule has 11 heteroatoms. The molecule has 1 fully saturated rings. The zero-order valence-electron chi connectivity index (χ0n) is 17.2. The van der Waals surface area contributed by atoms with Crippen LogP contribution in [0.4, 0.5) is 17.2 Å². The lowest BCUT2D eigenvalue weighted by molar-refractivity contribution is 0.102. The van der Waals surface area contributed by atoms with Gasteiger partial charge >= 0.3 is 0 Å². The molecule has 0 atom stereocenters. The minimum atomic E-state index is -0.547. The van der Waals surface area contributed by atoms with Crippen LogP contribution in [0, 0.1) is 0 Å². The molecule has 0 spiro atoms. The Morgan fingerprint density at radius 1 is 1.00 bits per heavy atom. The van der Waals surface area contributed by atoms with Crippen molar-refractivity contribution in [2.24, 2.45) is 0 Å². The zero-order valence-corrected chi connectivity index (χ0v) is 18.7. The van der Waals surface area contributed by atoms with Gasteiger partial charge in [0, 0.05) is 32.4 Å². The topological polar surface area (TPSA) is 106 Å². The number of nitrogens with zero attached hydrogens (tertiary/aromatic N) is 4. The number of hydrogen-bond donors (Lipinski definition) is 3. The third kappa shape index (κ3) is 4.85. The maximum Gasteiger partial charge on any atom is 0.278 e. The Morgan fingerprint density at radius 2 is 1.72 bits per heavy atom. The SMILES string of the molecule is CN1CCN(c2ccc(NC(=O)c3n[nH]cc3NC(=O)c3c(Cl)cccc3Cl)cn2)CC1. The molecule has 1 aromatic carbocycles. The maximum atomic E-state index is 12.7. The predicted molar refractivity (Wildman–Crippen MR) is 125 cm³/mol. The summed E-state index contributed by atoms with van der Waals surface area (Å²) in [4.78, 5) is 34.3. The van der Waals surface area contributed by atoms with Gasteiger partial charge in [0.25, 0.3) is 11.8 Å². The second kappa shape index (κ2) is 9.56. The number of carbonyl (C=O) groups excluding carboxylic acids is 2. The van der Waals surface area contributed by atoms with Crippen LogP contribution in [0.5, 0.6) is 0 Å². The molecule has 0 aliphatic carbocycles. The Morgan fingerprint density at radius 3 is 2.38 bits per heavy atom. The molecular formula is C21H21Cl2N7O2. The van der Waals surface area contributed by atoms with Crippen molar-refractivity contribution < 1.29 is 9.59 Å². The average molecular weight is 474 g/mol. The van der Waals surface area contributed by atoms with Crippen molar-refractivity contribution in [3.8, 4) is 0 Å². The van der Waals surface area contributed by atoms with Gasteiger partial charge in [-0.25, -0.2) is 4.98 Å². The molecule has 166 valence electrons. The highest BCUT2D eigenvalue weighted by Gasteiger charge is 2.21. The Balaban J connectivity index is 1.43. The number of carbonyl (C=O) groups is 2. The first-order chi connectivity index (χ1) is 15.4. The summed E-state index contributed by atoms with van der Waals surface area (Å²) in [5.74, 6) is -0.185. The summed E-state index contributed by atoms with van der Waals surface area (Å²) >= 11 is 12.2. The van der Waals surface area contributed by atoms with Gasteiger partial charge in [0.15, 0.2) is 5.69 Å². The molecule has 0 saturated carbocycles. The van der Waals surface area contributed by atoms with Crippen LogP contribution >= 0.6 is 23.2 Å². The smallest absolute Gasteiger partial charge is 0.278 e. The van der Waals surface area contributed by atoms with E-state index in [2.05, 4.69) is 42.7 Å². The Kier molecular flexibility index (Phi) is 6.59. The van der Waals surface area contributed by atoms with Crippen molar-refractivity contribution in [3.05, 3.63) is 64.0 Å². The second-order valence-corrected chi connectivity index (χ2v) is 8.16. The fraction of sp³-hybridized carbons (Fsp3) is 0.238. The van der Waals surface area contributed by atoms with Crippen LogP contribution in [0.15, 0.2) is 42.7 Å². The number of anilines is 3. The molecule has 3 aromatic rings. The van der Waals surface area contributed by atoms with Gasteiger partial charge in [0.05, 0.1) is 33.2 Å². The number of nitrogens with one attached hydrogen (secondary N) is 3. The van der Waals surface area contributed by atoms with Gasteiger partial charge in [-0.05, 0) is 31.3 Å². The van der Waals surface area contributed by atoms with E-state index >= 15 is 0 Å². The molecular weight excluding hydrogens is 453 g/mol. The molecule has 1 saturated heterocycles. The largest absolute Gasteiger partial charge is 0.354 e. The van der Waals surface area contributed by atoms with Crippen molar-refractivity contribution in [1.82, 2.24) is 20.1 Å². The zero-order chi connectivity index (χ0) is 22.7. The van der Waals surface area contributed by atoms with E-state index < -0.39 is 11.8 Å². The highest BCUT2D eigenvalue weighted by molar-refractivity contribution is 6.40. The molecule has 4 rings (SSSR count). The van der Waals surface area contributed by atoms with Gasteiger partial charge in [0.1, 0.15) is 5.82 Å². The van der Waals surface area contributed by atoms with Gasteiger partial charge < -0.3 is 20.4 Å². The van der Waals surface area contributed by atoms with E-state index in [1.54, 1.807) is 30.5 Å². The fourth-order valence-corrected chi connectivity index (χ4v) is 3.90. The van der Waals surface area contributed by atoms with E-state index in [-0.39, 0.29) is 27.0 Å². The first-order valence-electron chi connectivity index (χ1n) is 9.92. The van der Waals surface area contributed by atoms with Crippen LogP contribution in [-0.4, -0.2) is 65.1 Å². The average Bonchev–Trinajstić information content (AvgIpc) is 3.23. The van der Waals surface area contributed by atoms with Crippen LogP contribution in [0.25, 0.3) is 0 Å². The third-order valence-corrected chi connectivity index (χ3v) is 5.76. The van der Waals surface area contributed by atoms with Crippen LogP contribution < -0.4 is 15.5 Å². The number of H-pyrrole nitrogens is 1. The maximum absolute atomic E-state index is 12.7. The quantitative estimate of drug-likeness (QED) is 0.524. The van der Waals surface area contributed by atoms with Crippen molar-refractivity contribution in [1.29, 1.82) is 0 Å². The lowest BCUT2D eigenvalue weighted by Gasteiger charge is -2.33. The first kappa shape index (κ1) is 22.1. The van der Waals surface area contributed by atoms with E-state index in [1.807, 2.05) is 6.07 Å². The minimum absolute atomic E-state index is 0.0182. The first-order valence-corrected chi connectivity index (χ1v) is 10.7. The van der Waals surface area contributed by atoms with Crippen LogP contribution in [-0.2, 0) is 0 Å². The number of piperazine rings is 1. The summed E-state index contributed by atoms with van der Waals surface area (Å²) in [6.07, 6.45) is 3.01. The summed E-state index contributed by atoms with van der Waals surface area (Å²) in [6.45, 7) is 3.77. The van der Waals surface area contributed by atoms with Gasteiger partial charge in [-0.1, -0.05) is 29.3 Å². The van der Waals surface area contributed by atoms with E-state index in [0.29, 0.717) is 5.69 Å². The molecule has 0 bridgehead atoms. The number of benzene rings is 1. The molecule has 1 aliphatic rings. The summed E-state index contributed by atoms with van der Waals surface area (Å²) in [5, 5.41) is 12.3. The van der Waals surface area contributed by atoms with Crippen molar-refractivity contribution >= 4 is 52.2 Å². The molecule has 2 aromatic heterocycles. The number of rotatable bonds is 5. The predicted octanol–water partition coefficient (Wildman–Crippen LogP) is 3.37. The normalized spacial score (nSPS) is 14.3. The molecule has 9 nitrogen and oxygen atoms in total. The van der Waals surface area contributed by atoms with Crippen LogP contribution in [0.3, 0.4) is 0 Å². The van der Waals surface area contributed by atoms with Crippen molar-refractivity contribution in [2.45, 2.75) is 0 Å². The number of pyridine rings is 1. The van der Waals surface area contributed by atoms with Gasteiger partial charge in [0.2, 0.25) is 0 Å².